The summed E-state index contributed by atoms with van der Waals surface area (Å²) in [6.07, 6.45) is 1.67. The van der Waals surface area contributed by atoms with Gasteiger partial charge in [0, 0.05) is 11.7 Å². The maximum absolute atomic E-state index is 13.3. The number of halogens is 1. The Bertz CT molecular complexity index is 529. The Morgan fingerprint density at radius 2 is 2.15 bits per heavy atom. The normalized spacial score (nSPS) is 13.9. The number of carbonyl (C=O) groups excluding carboxylic acids is 2. The van der Waals surface area contributed by atoms with Crippen LogP contribution in [0.15, 0.2) is 18.2 Å². The van der Waals surface area contributed by atoms with Gasteiger partial charge in [-0.3, -0.25) is 9.59 Å². The molecule has 0 aromatic heterocycles. The van der Waals surface area contributed by atoms with Crippen molar-refractivity contribution < 1.29 is 18.7 Å². The van der Waals surface area contributed by atoms with E-state index >= 15 is 0 Å². The van der Waals surface area contributed by atoms with Crippen molar-refractivity contribution in [2.45, 2.75) is 25.8 Å². The molecule has 1 aliphatic rings. The van der Waals surface area contributed by atoms with Crippen molar-refractivity contribution in [2.75, 3.05) is 18.9 Å². The van der Waals surface area contributed by atoms with E-state index in [0.29, 0.717) is 0 Å². The lowest BCUT2D eigenvalue weighted by molar-refractivity contribution is -0.144. The molecule has 108 valence electrons. The molecule has 0 radical (unpaired) electrons. The predicted octanol–water partition coefficient (Wildman–Crippen LogP) is 1.58. The third-order valence-corrected chi connectivity index (χ3v) is 3.10. The van der Waals surface area contributed by atoms with E-state index in [2.05, 4.69) is 0 Å². The number of hydrogen-bond acceptors (Lipinski definition) is 4. The number of nitrogens with two attached hydrogens (primary N) is 1. The number of amides is 1. The fourth-order valence-corrected chi connectivity index (χ4v) is 1.97. The van der Waals surface area contributed by atoms with E-state index < -0.39 is 17.7 Å². The van der Waals surface area contributed by atoms with Crippen molar-refractivity contribution >= 4 is 17.6 Å². The quantitative estimate of drug-likeness (QED) is 0.656. The van der Waals surface area contributed by atoms with Crippen molar-refractivity contribution in [3.63, 3.8) is 0 Å². The Labute approximate surface area is 116 Å². The number of nitrogens with zero attached hydrogens (tertiary/aromatic N) is 1. The van der Waals surface area contributed by atoms with Crippen LogP contribution in [0.25, 0.3) is 0 Å². The molecular weight excluding hydrogens is 263 g/mol. The third-order valence-electron chi connectivity index (χ3n) is 3.10. The molecule has 6 heteroatoms. The highest BCUT2D eigenvalue weighted by Gasteiger charge is 2.35. The maximum Gasteiger partial charge on any atom is 0.325 e. The van der Waals surface area contributed by atoms with Gasteiger partial charge in [0.1, 0.15) is 12.4 Å². The second-order valence-electron chi connectivity index (χ2n) is 4.70. The molecule has 0 saturated heterocycles. The Kier molecular flexibility index (Phi) is 4.22. The monoisotopic (exact) mass is 280 g/mol. The van der Waals surface area contributed by atoms with E-state index in [0.717, 1.165) is 18.9 Å². The Morgan fingerprint density at radius 1 is 1.45 bits per heavy atom. The van der Waals surface area contributed by atoms with E-state index in [1.165, 1.54) is 17.0 Å². The molecule has 1 aliphatic carbocycles. The van der Waals surface area contributed by atoms with Crippen LogP contribution < -0.4 is 5.73 Å². The summed E-state index contributed by atoms with van der Waals surface area (Å²) in [4.78, 5) is 25.4. The molecule has 1 aromatic rings. The molecule has 1 amide bonds. The van der Waals surface area contributed by atoms with E-state index in [-0.39, 0.29) is 30.4 Å². The van der Waals surface area contributed by atoms with Gasteiger partial charge >= 0.3 is 5.97 Å². The Morgan fingerprint density at radius 3 is 2.75 bits per heavy atom. The summed E-state index contributed by atoms with van der Waals surface area (Å²) < 4.78 is 18.1. The molecule has 0 atom stereocenters. The molecule has 0 unspecified atom stereocenters. The first-order valence-electron chi connectivity index (χ1n) is 6.54. The average Bonchev–Trinajstić information content (AvgIpc) is 3.23. The van der Waals surface area contributed by atoms with E-state index in [4.69, 9.17) is 10.5 Å². The summed E-state index contributed by atoms with van der Waals surface area (Å²) in [5, 5.41) is 0. The molecule has 0 bridgehead atoms. The van der Waals surface area contributed by atoms with Crippen LogP contribution in [0.4, 0.5) is 10.1 Å². The van der Waals surface area contributed by atoms with Gasteiger partial charge in [-0.15, -0.1) is 0 Å². The summed E-state index contributed by atoms with van der Waals surface area (Å²) in [6, 6.07) is 3.64. The first kappa shape index (κ1) is 14.3. The minimum atomic E-state index is -0.533. The summed E-state index contributed by atoms with van der Waals surface area (Å²) in [7, 11) is 0. The number of anilines is 1. The second kappa shape index (κ2) is 5.90. The van der Waals surface area contributed by atoms with Gasteiger partial charge in [-0.2, -0.15) is 0 Å². The van der Waals surface area contributed by atoms with Gasteiger partial charge in [0.15, 0.2) is 0 Å². The maximum atomic E-state index is 13.3. The minimum absolute atomic E-state index is 0.00886. The first-order chi connectivity index (χ1) is 9.52. The van der Waals surface area contributed by atoms with Gasteiger partial charge in [-0.05, 0) is 38.0 Å². The molecule has 2 rings (SSSR count). The lowest BCUT2D eigenvalue weighted by Gasteiger charge is -2.22. The topological polar surface area (TPSA) is 72.6 Å². The molecule has 2 N–H and O–H groups in total. The number of hydrogen-bond donors (Lipinski definition) is 1. The van der Waals surface area contributed by atoms with Gasteiger partial charge < -0.3 is 15.4 Å². The molecular formula is C14H17FN2O3. The molecule has 1 saturated carbocycles. The average molecular weight is 280 g/mol. The lowest BCUT2D eigenvalue weighted by atomic mass is 10.1. The van der Waals surface area contributed by atoms with Crippen LogP contribution in [-0.4, -0.2) is 36.0 Å². The molecule has 0 spiro atoms. The predicted molar refractivity (Wildman–Crippen MR) is 71.5 cm³/mol. The molecule has 5 nitrogen and oxygen atoms in total. The van der Waals surface area contributed by atoms with Gasteiger partial charge in [-0.1, -0.05) is 0 Å². The van der Waals surface area contributed by atoms with Crippen LogP contribution in [0.1, 0.15) is 30.1 Å². The van der Waals surface area contributed by atoms with E-state index in [1.54, 1.807) is 6.92 Å². The summed E-state index contributed by atoms with van der Waals surface area (Å²) >= 11 is 0. The zero-order chi connectivity index (χ0) is 14.7. The highest BCUT2D eigenvalue weighted by molar-refractivity contribution is 6.00. The number of nitrogen functional groups attached to an aromatic ring is 1. The summed E-state index contributed by atoms with van der Waals surface area (Å²) in [6.45, 7) is 1.83. The smallest absolute Gasteiger partial charge is 0.325 e. The number of benzene rings is 1. The summed E-state index contributed by atoms with van der Waals surface area (Å²) in [5.74, 6) is -1.44. The largest absolute Gasteiger partial charge is 0.465 e. The number of rotatable bonds is 5. The molecule has 0 aliphatic heterocycles. The van der Waals surface area contributed by atoms with E-state index in [9.17, 15) is 14.0 Å². The number of esters is 1. The van der Waals surface area contributed by atoms with Crippen LogP contribution in [-0.2, 0) is 9.53 Å². The zero-order valence-corrected chi connectivity index (χ0v) is 11.3. The van der Waals surface area contributed by atoms with Crippen LogP contribution in [0.3, 0.4) is 0 Å². The van der Waals surface area contributed by atoms with Crippen molar-refractivity contribution in [1.29, 1.82) is 0 Å². The highest BCUT2D eigenvalue weighted by Crippen LogP contribution is 2.29. The minimum Gasteiger partial charge on any atom is -0.465 e. The Balaban J connectivity index is 2.18. The van der Waals surface area contributed by atoms with Crippen LogP contribution in [0, 0.1) is 5.82 Å². The molecule has 1 fully saturated rings. The fourth-order valence-electron chi connectivity index (χ4n) is 1.97. The number of carbonyl (C=O) groups is 2. The van der Waals surface area contributed by atoms with E-state index in [1.807, 2.05) is 0 Å². The van der Waals surface area contributed by atoms with Crippen molar-refractivity contribution in [3.05, 3.63) is 29.6 Å². The molecule has 1 aromatic carbocycles. The van der Waals surface area contributed by atoms with Crippen molar-refractivity contribution in [1.82, 2.24) is 4.90 Å². The van der Waals surface area contributed by atoms with Crippen LogP contribution in [0.5, 0.6) is 0 Å². The molecule has 0 heterocycles. The zero-order valence-electron chi connectivity index (χ0n) is 11.3. The number of ether oxygens (including phenoxy) is 1. The highest BCUT2D eigenvalue weighted by atomic mass is 19.1. The van der Waals surface area contributed by atoms with Crippen molar-refractivity contribution in [3.8, 4) is 0 Å². The standard InChI is InChI=1S/C14H17FN2O3/c1-2-20-13(18)8-17(10-4-5-10)14(19)11-7-9(15)3-6-12(11)16/h3,6-7,10H,2,4-5,8,16H2,1H3. The van der Waals surface area contributed by atoms with Crippen LogP contribution >= 0.6 is 0 Å². The van der Waals surface area contributed by atoms with Crippen LogP contribution in [0.2, 0.25) is 0 Å². The SMILES string of the molecule is CCOC(=O)CN(C(=O)c1cc(F)ccc1N)C1CC1. The van der Waals surface area contributed by atoms with Gasteiger partial charge in [0.05, 0.1) is 12.2 Å². The summed E-state index contributed by atoms with van der Waals surface area (Å²) in [5.41, 5.74) is 5.99. The first-order valence-corrected chi connectivity index (χ1v) is 6.54. The van der Waals surface area contributed by atoms with Gasteiger partial charge in [0.2, 0.25) is 0 Å². The Hall–Kier alpha value is -2.11. The second-order valence-corrected chi connectivity index (χ2v) is 4.70. The van der Waals surface area contributed by atoms with Crippen molar-refractivity contribution in [2.24, 2.45) is 0 Å². The lowest BCUT2D eigenvalue weighted by Crippen LogP contribution is -2.38. The fraction of sp³-hybridized carbons (Fsp3) is 0.429. The van der Waals surface area contributed by atoms with Gasteiger partial charge in [0.25, 0.3) is 5.91 Å². The third kappa shape index (κ3) is 3.26. The molecule has 20 heavy (non-hydrogen) atoms. The van der Waals surface area contributed by atoms with Gasteiger partial charge in [-0.25, -0.2) is 4.39 Å².